The molecule has 0 bridgehead atoms. The average molecular weight is 620 g/mol. The van der Waals surface area contributed by atoms with Crippen LogP contribution in [0.1, 0.15) is 28.4 Å². The molecular formula is C26H19ClINO5S. The van der Waals surface area contributed by atoms with Crippen LogP contribution in [-0.4, -0.2) is 28.6 Å². The van der Waals surface area contributed by atoms with Crippen LogP contribution in [0, 0.1) is 3.57 Å². The van der Waals surface area contributed by atoms with Gasteiger partial charge in [0.25, 0.3) is 11.1 Å². The van der Waals surface area contributed by atoms with Crippen LogP contribution in [0.15, 0.2) is 71.6 Å². The largest absolute Gasteiger partial charge is 0.490 e. The number of imide groups is 1. The summed E-state index contributed by atoms with van der Waals surface area (Å²) in [5.41, 5.74) is 1.75. The van der Waals surface area contributed by atoms with Crippen molar-refractivity contribution in [3.63, 3.8) is 0 Å². The molecule has 0 saturated carbocycles. The maximum Gasteiger partial charge on any atom is 0.345 e. The first-order valence-electron chi connectivity index (χ1n) is 10.6. The molecule has 35 heavy (non-hydrogen) atoms. The van der Waals surface area contributed by atoms with E-state index in [2.05, 4.69) is 0 Å². The van der Waals surface area contributed by atoms with Crippen molar-refractivity contribution in [2.45, 2.75) is 13.5 Å². The second-order valence-corrected chi connectivity index (χ2v) is 9.95. The Morgan fingerprint density at radius 1 is 1.09 bits per heavy atom. The summed E-state index contributed by atoms with van der Waals surface area (Å²) in [6.07, 6.45) is 1.64. The molecule has 178 valence electrons. The fourth-order valence-electron chi connectivity index (χ4n) is 3.36. The van der Waals surface area contributed by atoms with Gasteiger partial charge >= 0.3 is 5.97 Å². The molecule has 0 N–H and O–H groups in total. The zero-order valence-electron chi connectivity index (χ0n) is 18.5. The number of benzene rings is 3. The number of halogens is 2. The van der Waals surface area contributed by atoms with Crippen molar-refractivity contribution in [2.75, 3.05) is 6.61 Å². The average Bonchev–Trinajstić information content (AvgIpc) is 3.09. The summed E-state index contributed by atoms with van der Waals surface area (Å²) in [5, 5.41) is -0.0385. The number of thioether (sulfide) groups is 1. The van der Waals surface area contributed by atoms with Crippen LogP contribution < -0.4 is 9.47 Å². The molecule has 0 spiro atoms. The third kappa shape index (κ3) is 5.88. The Labute approximate surface area is 225 Å². The highest BCUT2D eigenvalue weighted by atomic mass is 127. The van der Waals surface area contributed by atoms with Gasteiger partial charge in [-0.2, -0.15) is 0 Å². The lowest BCUT2D eigenvalue weighted by Crippen LogP contribution is -2.27. The molecule has 6 nitrogen and oxygen atoms in total. The highest BCUT2D eigenvalue weighted by molar-refractivity contribution is 14.1. The van der Waals surface area contributed by atoms with Crippen molar-refractivity contribution in [3.05, 3.63) is 96.9 Å². The maximum atomic E-state index is 12.9. The topological polar surface area (TPSA) is 72.9 Å². The molecular weight excluding hydrogens is 601 g/mol. The van der Waals surface area contributed by atoms with Crippen molar-refractivity contribution < 1.29 is 23.9 Å². The van der Waals surface area contributed by atoms with Crippen LogP contribution in [0.3, 0.4) is 0 Å². The first-order chi connectivity index (χ1) is 16.9. The van der Waals surface area contributed by atoms with Crippen LogP contribution in [0.2, 0.25) is 5.02 Å². The van der Waals surface area contributed by atoms with E-state index in [1.54, 1.807) is 42.5 Å². The van der Waals surface area contributed by atoms with Gasteiger partial charge < -0.3 is 9.47 Å². The standard InChI is InChI=1S/C26H19ClINO5S/c1-2-33-21-13-17(12-20(28)23(21)34-25(31)18-10-6-7-11-19(18)27)14-22-24(30)29(26(32)35-22)15-16-8-4-3-5-9-16/h3-14H,2,15H2,1H3/b22-14-. The van der Waals surface area contributed by atoms with Crippen molar-refractivity contribution >= 4 is 69.1 Å². The first-order valence-corrected chi connectivity index (χ1v) is 12.9. The molecule has 1 aliphatic rings. The number of nitrogens with zero attached hydrogens (tertiary/aromatic N) is 1. The minimum atomic E-state index is -0.607. The van der Waals surface area contributed by atoms with E-state index in [9.17, 15) is 14.4 Å². The number of hydrogen-bond donors (Lipinski definition) is 0. The molecule has 9 heteroatoms. The van der Waals surface area contributed by atoms with E-state index in [-0.39, 0.29) is 34.0 Å². The third-order valence-electron chi connectivity index (χ3n) is 4.98. The van der Waals surface area contributed by atoms with Crippen LogP contribution >= 0.6 is 46.0 Å². The number of amides is 2. The second kappa shape index (κ2) is 11.3. The summed E-state index contributed by atoms with van der Waals surface area (Å²) in [6, 6.07) is 19.4. The Balaban J connectivity index is 1.60. The predicted octanol–water partition coefficient (Wildman–Crippen LogP) is 6.80. The zero-order chi connectivity index (χ0) is 24.9. The Hall–Kier alpha value is -2.82. The minimum Gasteiger partial charge on any atom is -0.490 e. The molecule has 1 fully saturated rings. The molecule has 0 aromatic heterocycles. The summed E-state index contributed by atoms with van der Waals surface area (Å²) in [6.45, 7) is 2.36. The summed E-state index contributed by atoms with van der Waals surface area (Å²) < 4.78 is 12.0. The molecule has 0 aliphatic carbocycles. The van der Waals surface area contributed by atoms with Gasteiger partial charge in [-0.3, -0.25) is 14.5 Å². The summed E-state index contributed by atoms with van der Waals surface area (Å²) in [4.78, 5) is 39.7. The third-order valence-corrected chi connectivity index (χ3v) is 7.01. The fourth-order valence-corrected chi connectivity index (χ4v) is 5.15. The van der Waals surface area contributed by atoms with E-state index in [1.165, 1.54) is 4.90 Å². The van der Waals surface area contributed by atoms with Crippen molar-refractivity contribution in [1.82, 2.24) is 4.90 Å². The lowest BCUT2D eigenvalue weighted by Gasteiger charge is -2.14. The van der Waals surface area contributed by atoms with Crippen LogP contribution in [-0.2, 0) is 11.3 Å². The van der Waals surface area contributed by atoms with Crippen molar-refractivity contribution in [3.8, 4) is 11.5 Å². The van der Waals surface area contributed by atoms with E-state index in [4.69, 9.17) is 21.1 Å². The normalized spacial score (nSPS) is 14.5. The summed E-state index contributed by atoms with van der Waals surface area (Å²) >= 11 is 9.06. The highest BCUT2D eigenvalue weighted by Crippen LogP contribution is 2.38. The Kier molecular flexibility index (Phi) is 8.15. The lowest BCUT2D eigenvalue weighted by molar-refractivity contribution is -0.123. The monoisotopic (exact) mass is 619 g/mol. The Bertz CT molecular complexity index is 1330. The number of hydrogen-bond acceptors (Lipinski definition) is 6. The van der Waals surface area contributed by atoms with Crippen LogP contribution in [0.5, 0.6) is 11.5 Å². The number of esters is 1. The second-order valence-electron chi connectivity index (χ2n) is 7.39. The fraction of sp³-hybridized carbons (Fsp3) is 0.115. The molecule has 1 aliphatic heterocycles. The molecule has 1 heterocycles. The Morgan fingerprint density at radius 2 is 1.80 bits per heavy atom. The van der Waals surface area contributed by atoms with Crippen LogP contribution in [0.4, 0.5) is 4.79 Å². The van der Waals surface area contributed by atoms with Gasteiger partial charge in [-0.05, 0) is 82.7 Å². The number of rotatable bonds is 7. The SMILES string of the molecule is CCOc1cc(/C=C2\SC(=O)N(Cc3ccccc3)C2=O)cc(I)c1OC(=O)c1ccccc1Cl. The van der Waals surface area contributed by atoms with Crippen molar-refractivity contribution in [1.29, 1.82) is 0 Å². The van der Waals surface area contributed by atoms with E-state index >= 15 is 0 Å². The smallest absolute Gasteiger partial charge is 0.345 e. The van der Waals surface area contributed by atoms with Gasteiger partial charge in [0.15, 0.2) is 11.5 Å². The Morgan fingerprint density at radius 3 is 2.51 bits per heavy atom. The molecule has 3 aromatic carbocycles. The lowest BCUT2D eigenvalue weighted by atomic mass is 10.1. The van der Waals surface area contributed by atoms with Gasteiger partial charge in [-0.1, -0.05) is 54.1 Å². The van der Waals surface area contributed by atoms with E-state index < -0.39 is 5.97 Å². The van der Waals surface area contributed by atoms with Gasteiger partial charge in [-0.25, -0.2) is 4.79 Å². The molecule has 2 amide bonds. The van der Waals surface area contributed by atoms with Crippen LogP contribution in [0.25, 0.3) is 6.08 Å². The van der Waals surface area contributed by atoms with Gasteiger partial charge in [0.05, 0.1) is 32.2 Å². The maximum absolute atomic E-state index is 12.9. The molecule has 3 aromatic rings. The molecule has 4 rings (SSSR count). The number of carbonyl (C=O) groups is 3. The van der Waals surface area contributed by atoms with Gasteiger partial charge in [0.1, 0.15) is 0 Å². The highest BCUT2D eigenvalue weighted by Gasteiger charge is 2.35. The quantitative estimate of drug-likeness (QED) is 0.125. The molecule has 0 unspecified atom stereocenters. The molecule has 0 radical (unpaired) electrons. The van der Waals surface area contributed by atoms with E-state index in [1.807, 2.05) is 59.8 Å². The number of carbonyl (C=O) groups excluding carboxylic acids is 3. The van der Waals surface area contributed by atoms with Gasteiger partial charge in [-0.15, -0.1) is 0 Å². The van der Waals surface area contributed by atoms with Crippen molar-refractivity contribution in [2.24, 2.45) is 0 Å². The molecule has 1 saturated heterocycles. The number of ether oxygens (including phenoxy) is 2. The van der Waals surface area contributed by atoms with E-state index in [0.717, 1.165) is 17.3 Å². The van der Waals surface area contributed by atoms with E-state index in [0.29, 0.717) is 26.4 Å². The summed E-state index contributed by atoms with van der Waals surface area (Å²) in [5.74, 6) is -0.364. The first kappa shape index (κ1) is 25.3. The van der Waals surface area contributed by atoms with Gasteiger partial charge in [0.2, 0.25) is 0 Å². The predicted molar refractivity (Wildman–Crippen MR) is 145 cm³/mol. The minimum absolute atomic E-state index is 0.210. The summed E-state index contributed by atoms with van der Waals surface area (Å²) in [7, 11) is 0. The molecule has 0 atom stereocenters. The van der Waals surface area contributed by atoms with Gasteiger partial charge in [0, 0.05) is 0 Å². The zero-order valence-corrected chi connectivity index (χ0v) is 22.2.